The predicted octanol–water partition coefficient (Wildman–Crippen LogP) is 6.47. The zero-order valence-electron chi connectivity index (χ0n) is 45.7. The summed E-state index contributed by atoms with van der Waals surface area (Å²) >= 11 is 0.597. The minimum absolute atomic E-state index is 0.00319. The Balaban J connectivity index is 0.992. The summed E-state index contributed by atoms with van der Waals surface area (Å²) in [6.07, 6.45) is 9.95. The molecule has 1 aromatic heterocycles. The van der Waals surface area contributed by atoms with E-state index in [1.165, 1.54) is 41.7 Å². The highest BCUT2D eigenvalue weighted by molar-refractivity contribution is 7.91. The Bertz CT molecular complexity index is 4350. The number of benzene rings is 5. The fourth-order valence-electron chi connectivity index (χ4n) is 10.6. The van der Waals surface area contributed by atoms with Crippen molar-refractivity contribution in [1.82, 2.24) is 19.8 Å². The first-order chi connectivity index (χ1) is 38.7. The number of sulfonamides is 2. The molecule has 0 atom stereocenters. The van der Waals surface area contributed by atoms with Crippen molar-refractivity contribution in [3.8, 4) is 0 Å². The fraction of sp³-hybridized carbons (Fsp3) is 0.315. The summed E-state index contributed by atoms with van der Waals surface area (Å²) < 4.78 is 160. The molecule has 0 aliphatic carbocycles. The molecule has 23 nitrogen and oxygen atoms in total. The van der Waals surface area contributed by atoms with Crippen molar-refractivity contribution in [2.45, 2.75) is 96.7 Å². The number of aromatic nitrogens is 2. The number of carbonyl (C=O) groups is 2. The van der Waals surface area contributed by atoms with E-state index in [9.17, 15) is 65.3 Å². The molecule has 83 heavy (non-hydrogen) atoms. The van der Waals surface area contributed by atoms with E-state index < -0.39 is 87.0 Å². The third-order valence-electron chi connectivity index (χ3n) is 14.4. The van der Waals surface area contributed by atoms with Gasteiger partial charge in [0.1, 0.15) is 11.4 Å². The van der Waals surface area contributed by atoms with Crippen LogP contribution in [0.2, 0.25) is 0 Å². The van der Waals surface area contributed by atoms with Crippen molar-refractivity contribution in [3.63, 3.8) is 0 Å². The van der Waals surface area contributed by atoms with E-state index in [0.29, 0.717) is 57.6 Å². The molecule has 0 saturated heterocycles. The van der Waals surface area contributed by atoms with Crippen LogP contribution in [-0.2, 0) is 72.6 Å². The molecule has 2 amide bonds. The lowest BCUT2D eigenvalue weighted by Crippen LogP contribution is -2.30. The zero-order valence-corrected chi connectivity index (χ0v) is 50.6. The van der Waals surface area contributed by atoms with Gasteiger partial charge in [0, 0.05) is 96.1 Å². The number of hydrogen-bond acceptors (Lipinski definition) is 17. The van der Waals surface area contributed by atoms with Crippen LogP contribution in [0.5, 0.6) is 0 Å². The van der Waals surface area contributed by atoms with Crippen molar-refractivity contribution in [2.75, 3.05) is 42.7 Å². The molecule has 2 aliphatic rings. The Labute approximate surface area is 485 Å². The van der Waals surface area contributed by atoms with E-state index in [2.05, 4.69) is 20.8 Å². The number of hydrogen-bond donors (Lipinski definition) is 5. The first kappa shape index (κ1) is 62.4. The molecule has 3 heterocycles. The number of rotatable bonds is 22. The second kappa shape index (κ2) is 23.4. The number of allylic oxidation sites excluding steroid dienone is 6. The van der Waals surface area contributed by atoms with Gasteiger partial charge in [0.05, 0.1) is 25.3 Å². The second-order valence-corrected chi connectivity index (χ2v) is 29.9. The number of fused-ring (bicyclic) bond motifs is 6. The summed E-state index contributed by atoms with van der Waals surface area (Å²) in [6.45, 7) is 10.4. The lowest BCUT2D eigenvalue weighted by Gasteiger charge is -2.27. The summed E-state index contributed by atoms with van der Waals surface area (Å²) in [5, 5.41) is 18.6. The van der Waals surface area contributed by atoms with Crippen molar-refractivity contribution in [1.29, 1.82) is 0 Å². The molecule has 6 aromatic rings. The number of anilines is 2. The quantitative estimate of drug-likeness (QED) is 0.0210. The maximum Gasteiger partial charge on any atom is 0.295 e. The molecule has 0 bridgehead atoms. The Morgan fingerprint density at radius 2 is 1.48 bits per heavy atom. The number of carbonyl (C=O) groups excluding carboxylic acids is 2. The molecule has 0 saturated carbocycles. The van der Waals surface area contributed by atoms with Crippen LogP contribution in [0.15, 0.2) is 134 Å². The standard InChI is InChI=1S/C54H60N8O15S6/c1-7-27-61-42-26-24-38-40(31-36(82(72,73)74)32-44(38)83(75,76)77)49(42)54(4,5)45(61)16-9-8-10-17-46-53(2,3)48-39-14-11-15-43(37(39)23-25-41(48)62(46)29-13-30-79(65,66)67)81(70,71)60(6)28-12-18-47(63)56-33-34-19-21-35(22-20-34)50(64)57-51-58-59-52(78-51)80(55,68)69/h8-11,14-17,19-26,31-32H,7,12-13,18,27-30,33H2,1-6H3,(H6-,55,56,57,58,63,64,65,66,67,68,69,72,73,74,75,76,77). The third-order valence-corrected chi connectivity index (χ3v) is 21.0. The summed E-state index contributed by atoms with van der Waals surface area (Å²) in [7, 11) is -21.2. The Hall–Kier alpha value is -6.64. The lowest BCUT2D eigenvalue weighted by molar-refractivity contribution is -0.437. The van der Waals surface area contributed by atoms with Gasteiger partial charge < -0.3 is 14.8 Å². The first-order valence-corrected chi connectivity index (χ1v) is 34.0. The first-order valence-electron chi connectivity index (χ1n) is 25.7. The SMILES string of the molecule is CCC[N+]1=C(/C=C/C=C/C=C2/N(CCCS(=O)(=O)[O-])c3ccc4c(S(=O)(=O)N(C)CCCC(=O)NCc5ccc(C(=O)Nc6nnc(S(N)(=O)=O)s6)cc5)cccc4c3C2(C)C)C(C)(C)c2c1ccc1c(S(=O)(=O)O)cc(S(=O)(=O)O)cc21. The molecule has 0 unspecified atom stereocenters. The predicted molar refractivity (Wildman–Crippen MR) is 313 cm³/mol. The van der Waals surface area contributed by atoms with Crippen LogP contribution in [0.25, 0.3) is 21.5 Å². The summed E-state index contributed by atoms with van der Waals surface area (Å²) in [4.78, 5) is 26.2. The molecule has 2 aliphatic heterocycles. The van der Waals surface area contributed by atoms with Crippen LogP contribution in [0.4, 0.5) is 16.5 Å². The Kier molecular flexibility index (Phi) is 17.6. The molecule has 442 valence electrons. The number of amides is 2. The molecule has 0 spiro atoms. The number of nitrogens with one attached hydrogen (secondary N) is 2. The van der Waals surface area contributed by atoms with Gasteiger partial charge in [-0.15, -0.1) is 10.2 Å². The smallest absolute Gasteiger partial charge is 0.295 e. The van der Waals surface area contributed by atoms with E-state index in [-0.39, 0.29) is 71.2 Å². The Morgan fingerprint density at radius 3 is 2.12 bits per heavy atom. The van der Waals surface area contributed by atoms with Gasteiger partial charge in [0.15, 0.2) is 5.71 Å². The summed E-state index contributed by atoms with van der Waals surface area (Å²) in [5.74, 6) is -1.54. The third kappa shape index (κ3) is 13.2. The lowest BCUT2D eigenvalue weighted by atomic mass is 9.79. The van der Waals surface area contributed by atoms with E-state index in [1.807, 2.05) is 62.3 Å². The normalized spacial score (nSPS) is 16.0. The topological polar surface area (TPSA) is 354 Å². The van der Waals surface area contributed by atoms with Crippen LogP contribution in [0, 0.1) is 0 Å². The van der Waals surface area contributed by atoms with Gasteiger partial charge in [-0.1, -0.05) is 80.7 Å². The zero-order chi connectivity index (χ0) is 60.8. The highest BCUT2D eigenvalue weighted by Crippen LogP contribution is 2.52. The van der Waals surface area contributed by atoms with Crippen LogP contribution in [-0.4, -0.2) is 125 Å². The molecule has 8 rings (SSSR count). The molecular weight excluding hydrogens is 1190 g/mol. The molecule has 0 fully saturated rings. The average Bonchev–Trinajstić information content (AvgIpc) is 3.36. The van der Waals surface area contributed by atoms with Gasteiger partial charge in [-0.2, -0.15) is 21.4 Å². The molecule has 5 aromatic carbocycles. The van der Waals surface area contributed by atoms with Gasteiger partial charge in [0.2, 0.25) is 31.1 Å². The maximum atomic E-state index is 14.4. The highest BCUT2D eigenvalue weighted by Gasteiger charge is 2.46. The van der Waals surface area contributed by atoms with Crippen LogP contribution in [0.1, 0.15) is 87.4 Å². The number of nitrogens with zero attached hydrogens (tertiary/aromatic N) is 5. The molecule has 0 radical (unpaired) electrons. The highest BCUT2D eigenvalue weighted by atomic mass is 32.2. The van der Waals surface area contributed by atoms with Gasteiger partial charge in [-0.3, -0.25) is 24.0 Å². The van der Waals surface area contributed by atoms with E-state index >= 15 is 0 Å². The van der Waals surface area contributed by atoms with E-state index in [0.717, 1.165) is 23.0 Å². The molecular formula is C54H60N8O15S6. The van der Waals surface area contributed by atoms with Crippen molar-refractivity contribution < 1.29 is 69.9 Å². The summed E-state index contributed by atoms with van der Waals surface area (Å²) in [6, 6.07) is 19.8. The fourth-order valence-corrected chi connectivity index (χ4v) is 15.2. The van der Waals surface area contributed by atoms with Crippen molar-refractivity contribution in [2.24, 2.45) is 5.14 Å². The molecule has 6 N–H and O–H groups in total. The van der Waals surface area contributed by atoms with Crippen LogP contribution < -0.4 is 20.7 Å². The van der Waals surface area contributed by atoms with Crippen molar-refractivity contribution in [3.05, 3.63) is 137 Å². The second-order valence-electron chi connectivity index (χ2n) is 20.9. The largest absolute Gasteiger partial charge is 0.748 e. The van der Waals surface area contributed by atoms with Gasteiger partial charge in [-0.25, -0.2) is 34.7 Å². The van der Waals surface area contributed by atoms with E-state index in [1.54, 1.807) is 54.6 Å². The Morgan fingerprint density at radius 1 is 0.795 bits per heavy atom. The summed E-state index contributed by atoms with van der Waals surface area (Å²) in [5.41, 5.74) is 3.37. The minimum atomic E-state index is -4.94. The number of primary sulfonamides is 1. The van der Waals surface area contributed by atoms with Crippen LogP contribution >= 0.6 is 11.3 Å². The minimum Gasteiger partial charge on any atom is -0.748 e. The van der Waals surface area contributed by atoms with Crippen LogP contribution in [0.3, 0.4) is 0 Å². The van der Waals surface area contributed by atoms with Gasteiger partial charge in [0.25, 0.3) is 36.2 Å². The monoisotopic (exact) mass is 1250 g/mol. The molecule has 29 heteroatoms. The van der Waals surface area contributed by atoms with Crippen molar-refractivity contribution >= 4 is 117 Å². The number of nitrogens with two attached hydrogens (primary N) is 1. The maximum absolute atomic E-state index is 14.4. The van der Waals surface area contributed by atoms with Gasteiger partial charge >= 0.3 is 0 Å². The van der Waals surface area contributed by atoms with Gasteiger partial charge in [-0.05, 0) is 97.1 Å². The average molecular weight is 1250 g/mol. The van der Waals surface area contributed by atoms with E-state index in [4.69, 9.17) is 5.14 Å².